The Morgan fingerprint density at radius 2 is 1.94 bits per heavy atom. The van der Waals surface area contributed by atoms with Crippen LogP contribution in [0.15, 0.2) is 65.9 Å². The quantitative estimate of drug-likeness (QED) is 0.391. The van der Waals surface area contributed by atoms with E-state index in [-0.39, 0.29) is 23.9 Å². The lowest BCUT2D eigenvalue weighted by Crippen LogP contribution is -2.48. The molecular weight excluding hydrogens is 398 g/mol. The van der Waals surface area contributed by atoms with Crippen LogP contribution in [0.1, 0.15) is 37.4 Å². The molecule has 0 saturated carbocycles. The summed E-state index contributed by atoms with van der Waals surface area (Å²) in [6.07, 6.45) is 1.51. The Hall–Kier alpha value is -3.68. The number of carbonyl (C=O) groups is 2. The van der Waals surface area contributed by atoms with Crippen molar-refractivity contribution in [2.24, 2.45) is 0 Å². The van der Waals surface area contributed by atoms with Crippen molar-refractivity contribution in [3.8, 4) is 0 Å². The fourth-order valence-corrected chi connectivity index (χ4v) is 3.68. The number of nitrogens with zero attached hydrogens (tertiary/aromatic N) is 2. The van der Waals surface area contributed by atoms with Gasteiger partial charge in [0.1, 0.15) is 0 Å². The van der Waals surface area contributed by atoms with E-state index in [0.717, 1.165) is 6.42 Å². The van der Waals surface area contributed by atoms with E-state index in [1.54, 1.807) is 19.9 Å². The van der Waals surface area contributed by atoms with E-state index in [1.807, 2.05) is 30.3 Å². The molecule has 1 N–H and O–H groups in total. The largest absolute Gasteiger partial charge is 0.463 e. The maximum Gasteiger partial charge on any atom is 0.338 e. The molecule has 0 saturated heterocycles. The number of ether oxygens (including phenoxy) is 1. The maximum absolute atomic E-state index is 12.9. The first-order valence-electron chi connectivity index (χ1n) is 10.2. The van der Waals surface area contributed by atoms with E-state index in [4.69, 9.17) is 4.74 Å². The number of non-ortho nitro benzene ring substituents is 1. The van der Waals surface area contributed by atoms with Crippen LogP contribution in [0.3, 0.4) is 0 Å². The molecule has 0 aliphatic carbocycles. The van der Waals surface area contributed by atoms with Crippen molar-refractivity contribution < 1.29 is 19.2 Å². The predicted octanol–water partition coefficient (Wildman–Crippen LogP) is 4.13. The SMILES string of the molecule is CCOC(=O)C1=C(C)N(CCCc2ccccc2)C(=O)NC1c1cccc([N+](=O)[O-])c1. The van der Waals surface area contributed by atoms with Crippen LogP contribution in [-0.4, -0.2) is 35.0 Å². The Balaban J connectivity index is 1.89. The first-order chi connectivity index (χ1) is 14.9. The van der Waals surface area contributed by atoms with Gasteiger partial charge in [-0.1, -0.05) is 42.5 Å². The lowest BCUT2D eigenvalue weighted by atomic mass is 9.94. The molecule has 1 aliphatic heterocycles. The second kappa shape index (κ2) is 9.88. The Morgan fingerprint density at radius 1 is 1.19 bits per heavy atom. The number of urea groups is 1. The summed E-state index contributed by atoms with van der Waals surface area (Å²) in [6, 6.07) is 14.7. The Kier molecular flexibility index (Phi) is 7.02. The molecule has 2 aromatic rings. The molecule has 0 spiro atoms. The fourth-order valence-electron chi connectivity index (χ4n) is 3.68. The van der Waals surface area contributed by atoms with Crippen LogP contribution >= 0.6 is 0 Å². The summed E-state index contributed by atoms with van der Waals surface area (Å²) in [5, 5.41) is 14.0. The smallest absolute Gasteiger partial charge is 0.338 e. The van der Waals surface area contributed by atoms with Crippen molar-refractivity contribution in [2.75, 3.05) is 13.2 Å². The average molecular weight is 423 g/mol. The van der Waals surface area contributed by atoms with E-state index < -0.39 is 16.9 Å². The van der Waals surface area contributed by atoms with Crippen LogP contribution in [0.5, 0.6) is 0 Å². The summed E-state index contributed by atoms with van der Waals surface area (Å²) in [6.45, 7) is 4.02. The molecule has 2 aromatic carbocycles. The molecule has 1 heterocycles. The number of carbonyl (C=O) groups excluding carboxylic acids is 2. The van der Waals surface area contributed by atoms with Crippen molar-refractivity contribution in [1.29, 1.82) is 0 Å². The molecular formula is C23H25N3O5. The number of hydrogen-bond donors (Lipinski definition) is 1. The van der Waals surface area contributed by atoms with Crippen LogP contribution in [0.4, 0.5) is 10.5 Å². The minimum atomic E-state index is -0.822. The standard InChI is InChI=1S/C23H25N3O5/c1-3-31-22(27)20-16(2)25(14-8-11-17-9-5-4-6-10-17)23(28)24-21(20)18-12-7-13-19(15-18)26(29)30/h4-7,9-10,12-13,15,21H,3,8,11,14H2,1-2H3,(H,24,28). The fraction of sp³-hybridized carbons (Fsp3) is 0.304. The lowest BCUT2D eigenvalue weighted by Gasteiger charge is -2.35. The van der Waals surface area contributed by atoms with Gasteiger partial charge in [-0.25, -0.2) is 9.59 Å². The van der Waals surface area contributed by atoms with Gasteiger partial charge in [0.05, 0.1) is 23.1 Å². The molecule has 1 aliphatic rings. The van der Waals surface area contributed by atoms with Gasteiger partial charge in [-0.15, -0.1) is 0 Å². The van der Waals surface area contributed by atoms with Gasteiger partial charge >= 0.3 is 12.0 Å². The van der Waals surface area contributed by atoms with Crippen LogP contribution in [-0.2, 0) is 16.0 Å². The van der Waals surface area contributed by atoms with Gasteiger partial charge in [-0.2, -0.15) is 0 Å². The van der Waals surface area contributed by atoms with Crippen molar-refractivity contribution in [3.63, 3.8) is 0 Å². The summed E-state index contributed by atoms with van der Waals surface area (Å²) in [5.74, 6) is -0.551. The highest BCUT2D eigenvalue weighted by Crippen LogP contribution is 2.32. The number of nitrogens with one attached hydrogen (secondary N) is 1. The summed E-state index contributed by atoms with van der Waals surface area (Å²) >= 11 is 0. The van der Waals surface area contributed by atoms with E-state index in [1.165, 1.54) is 28.7 Å². The zero-order valence-corrected chi connectivity index (χ0v) is 17.5. The number of amides is 2. The number of nitro benzene ring substituents is 1. The third-order valence-corrected chi connectivity index (χ3v) is 5.20. The second-order valence-electron chi connectivity index (χ2n) is 7.19. The van der Waals surface area contributed by atoms with E-state index in [2.05, 4.69) is 5.32 Å². The number of benzene rings is 2. The zero-order valence-electron chi connectivity index (χ0n) is 17.5. The molecule has 8 heteroatoms. The number of esters is 1. The first kappa shape index (κ1) is 22.0. The van der Waals surface area contributed by atoms with Gasteiger partial charge in [0.25, 0.3) is 5.69 Å². The van der Waals surface area contributed by atoms with Crippen molar-refractivity contribution in [1.82, 2.24) is 10.2 Å². The molecule has 0 bridgehead atoms. The lowest BCUT2D eigenvalue weighted by molar-refractivity contribution is -0.384. The molecule has 1 unspecified atom stereocenters. The molecule has 0 aromatic heterocycles. The molecule has 8 nitrogen and oxygen atoms in total. The van der Waals surface area contributed by atoms with Gasteiger partial charge in [0.2, 0.25) is 0 Å². The first-order valence-corrected chi connectivity index (χ1v) is 10.2. The van der Waals surface area contributed by atoms with E-state index >= 15 is 0 Å². The number of rotatable bonds is 8. The highest BCUT2D eigenvalue weighted by atomic mass is 16.6. The average Bonchev–Trinajstić information content (AvgIpc) is 2.76. The highest BCUT2D eigenvalue weighted by Gasteiger charge is 2.36. The topological polar surface area (TPSA) is 102 Å². The van der Waals surface area contributed by atoms with Gasteiger partial charge in [0, 0.05) is 24.4 Å². The molecule has 0 fully saturated rings. The summed E-state index contributed by atoms with van der Waals surface area (Å²) in [4.78, 5) is 37.8. The number of allylic oxidation sites excluding steroid dienone is 1. The third kappa shape index (κ3) is 5.09. The summed E-state index contributed by atoms with van der Waals surface area (Å²) in [5.41, 5.74) is 2.28. The van der Waals surface area contributed by atoms with Gasteiger partial charge in [-0.3, -0.25) is 15.0 Å². The molecule has 2 amide bonds. The van der Waals surface area contributed by atoms with Gasteiger partial charge in [0.15, 0.2) is 0 Å². The predicted molar refractivity (Wildman–Crippen MR) is 115 cm³/mol. The molecule has 31 heavy (non-hydrogen) atoms. The molecule has 1 atom stereocenters. The third-order valence-electron chi connectivity index (χ3n) is 5.20. The van der Waals surface area contributed by atoms with Gasteiger partial charge < -0.3 is 10.1 Å². The van der Waals surface area contributed by atoms with E-state index in [0.29, 0.717) is 24.2 Å². The molecule has 162 valence electrons. The van der Waals surface area contributed by atoms with Crippen LogP contribution < -0.4 is 5.32 Å². The number of nitro groups is 1. The Morgan fingerprint density at radius 3 is 2.61 bits per heavy atom. The van der Waals surface area contributed by atoms with Crippen molar-refractivity contribution in [3.05, 3.63) is 87.1 Å². The summed E-state index contributed by atoms with van der Waals surface area (Å²) in [7, 11) is 0. The molecule has 3 rings (SSSR count). The Bertz CT molecular complexity index is 1000. The number of aryl methyl sites for hydroxylation is 1. The normalized spacial score (nSPS) is 16.1. The monoisotopic (exact) mass is 423 g/mol. The zero-order chi connectivity index (χ0) is 22.4. The minimum absolute atomic E-state index is 0.113. The Labute approximate surface area is 180 Å². The summed E-state index contributed by atoms with van der Waals surface area (Å²) < 4.78 is 5.23. The number of hydrogen-bond acceptors (Lipinski definition) is 5. The second-order valence-corrected chi connectivity index (χ2v) is 7.19. The minimum Gasteiger partial charge on any atom is -0.463 e. The maximum atomic E-state index is 12.9. The highest BCUT2D eigenvalue weighted by molar-refractivity contribution is 5.95. The van der Waals surface area contributed by atoms with Crippen LogP contribution in [0.25, 0.3) is 0 Å². The van der Waals surface area contributed by atoms with Crippen LogP contribution in [0, 0.1) is 10.1 Å². The van der Waals surface area contributed by atoms with Crippen LogP contribution in [0.2, 0.25) is 0 Å². The van der Waals surface area contributed by atoms with Gasteiger partial charge in [-0.05, 0) is 37.8 Å². The van der Waals surface area contributed by atoms with E-state index in [9.17, 15) is 19.7 Å². The van der Waals surface area contributed by atoms with Crippen molar-refractivity contribution in [2.45, 2.75) is 32.7 Å². The molecule has 0 radical (unpaired) electrons. The van der Waals surface area contributed by atoms with Crippen molar-refractivity contribution >= 4 is 17.7 Å².